The number of hydrogen-bond acceptors (Lipinski definition) is 8. The Morgan fingerprint density at radius 3 is 2.62 bits per heavy atom. The van der Waals surface area contributed by atoms with Crippen molar-refractivity contribution < 1.29 is 9.21 Å². The molecule has 4 aromatic rings. The van der Waals surface area contributed by atoms with Crippen molar-refractivity contribution in [2.75, 3.05) is 23.3 Å². The quantitative estimate of drug-likeness (QED) is 0.314. The van der Waals surface area contributed by atoms with Gasteiger partial charge < -0.3 is 25.7 Å². The lowest BCUT2D eigenvalue weighted by molar-refractivity contribution is 0.100. The minimum absolute atomic E-state index is 0.236. The Balaban J connectivity index is 1.09. The van der Waals surface area contributed by atoms with Crippen molar-refractivity contribution in [3.05, 3.63) is 72.9 Å². The molecule has 0 unspecified atom stereocenters. The van der Waals surface area contributed by atoms with Crippen LogP contribution < -0.4 is 21.3 Å². The number of carbonyl (C=O) groups is 1. The summed E-state index contributed by atoms with van der Waals surface area (Å²) in [7, 11) is 0. The predicted molar refractivity (Wildman–Crippen MR) is 150 cm³/mol. The van der Waals surface area contributed by atoms with Gasteiger partial charge in [0, 0.05) is 48.0 Å². The summed E-state index contributed by atoms with van der Waals surface area (Å²) in [4.78, 5) is 22.5. The average molecular weight is 527 g/mol. The number of benzene rings is 2. The molecule has 10 heteroatoms. The normalized spacial score (nSPS) is 21.5. The second kappa shape index (κ2) is 11.3. The van der Waals surface area contributed by atoms with Crippen LogP contribution in [0, 0.1) is 0 Å². The summed E-state index contributed by atoms with van der Waals surface area (Å²) in [5, 5.41) is 11.7. The van der Waals surface area contributed by atoms with Gasteiger partial charge in [0.05, 0.1) is 11.9 Å². The Hall–Kier alpha value is -4.18. The van der Waals surface area contributed by atoms with Crippen LogP contribution >= 0.6 is 0 Å². The van der Waals surface area contributed by atoms with Gasteiger partial charge in [0.15, 0.2) is 5.76 Å². The highest BCUT2D eigenvalue weighted by Crippen LogP contribution is 2.28. The van der Waals surface area contributed by atoms with E-state index in [9.17, 15) is 4.79 Å². The third kappa shape index (κ3) is 5.80. The van der Waals surface area contributed by atoms with Crippen LogP contribution in [-0.4, -0.2) is 56.9 Å². The molecule has 39 heavy (non-hydrogen) atoms. The number of carbonyl (C=O) groups excluding carboxylic acids is 1. The van der Waals surface area contributed by atoms with Crippen LogP contribution in [-0.2, 0) is 0 Å². The highest BCUT2D eigenvalue weighted by molar-refractivity contribution is 5.93. The van der Waals surface area contributed by atoms with Crippen molar-refractivity contribution in [3.8, 4) is 17.0 Å². The van der Waals surface area contributed by atoms with Crippen LogP contribution in [0.4, 0.5) is 11.7 Å². The van der Waals surface area contributed by atoms with Crippen molar-refractivity contribution in [3.63, 3.8) is 0 Å². The number of anilines is 2. The van der Waals surface area contributed by atoms with E-state index in [-0.39, 0.29) is 6.04 Å². The third-order valence-corrected chi connectivity index (χ3v) is 7.78. The molecule has 4 N–H and O–H groups in total. The molecule has 2 fully saturated rings. The monoisotopic (exact) mass is 526 g/mol. The van der Waals surface area contributed by atoms with Crippen LogP contribution in [0.3, 0.4) is 0 Å². The molecule has 2 aromatic carbocycles. The number of piperidine rings is 1. The molecule has 6 rings (SSSR count). The van der Waals surface area contributed by atoms with E-state index < -0.39 is 5.91 Å². The third-order valence-electron chi connectivity index (χ3n) is 7.78. The molecule has 3 heterocycles. The van der Waals surface area contributed by atoms with Gasteiger partial charge in [-0.15, -0.1) is 0 Å². The zero-order valence-electron chi connectivity index (χ0n) is 21.9. The first kappa shape index (κ1) is 25.1. The molecule has 2 aromatic heterocycles. The number of primary amides is 1. The van der Waals surface area contributed by atoms with Gasteiger partial charge in [-0.05, 0) is 62.1 Å². The molecule has 202 valence electrons. The number of rotatable bonds is 8. The summed E-state index contributed by atoms with van der Waals surface area (Å²) in [6.45, 7) is 2.04. The van der Waals surface area contributed by atoms with Crippen LogP contribution in [0.25, 0.3) is 17.0 Å². The van der Waals surface area contributed by atoms with Crippen LogP contribution in [0.1, 0.15) is 48.9 Å². The van der Waals surface area contributed by atoms with E-state index in [1.165, 1.54) is 18.5 Å². The summed E-state index contributed by atoms with van der Waals surface area (Å²) < 4.78 is 7.81. The fourth-order valence-electron chi connectivity index (χ4n) is 5.77. The maximum absolute atomic E-state index is 11.6. The van der Waals surface area contributed by atoms with E-state index in [1.54, 1.807) is 41.7 Å². The number of amides is 1. The number of nitrogens with one attached hydrogen (secondary N) is 2. The first-order valence-electron chi connectivity index (χ1n) is 13.7. The highest BCUT2D eigenvalue weighted by atomic mass is 16.4. The maximum Gasteiger partial charge on any atom is 0.295 e. The molecular weight excluding hydrogens is 492 g/mol. The standard InChI is InChI=1S/C29H34N8O2/c30-28(38)21-6-3-5-20(15-21)27-16-32-29(39-27)35-26-9-2-1-8-25(26)34-22-7-4-14-36(17-22)23-10-12-24(13-11-23)37-19-31-18-33-37/h3,5-6,10-13,15-16,18-19,22,25-26,34H,1-2,4,7-9,14,17H2,(H2,30,38)(H,32,35)/t22-,25+,26+/m0/s1. The number of oxazole rings is 1. The second-order valence-corrected chi connectivity index (χ2v) is 10.4. The van der Waals surface area contributed by atoms with Gasteiger partial charge in [0.2, 0.25) is 5.91 Å². The summed E-state index contributed by atoms with van der Waals surface area (Å²) in [6, 6.07) is 17.1. The molecule has 10 nitrogen and oxygen atoms in total. The van der Waals surface area contributed by atoms with Crippen LogP contribution in [0.15, 0.2) is 71.8 Å². The van der Waals surface area contributed by atoms with E-state index in [2.05, 4.69) is 54.9 Å². The van der Waals surface area contributed by atoms with Crippen LogP contribution in [0.2, 0.25) is 0 Å². The SMILES string of the molecule is NC(=O)c1cccc(-c2cnc(N[C@@H]3CCCC[C@H]3N[C@H]3CCCN(c4ccc(-n5cncn5)cc4)C3)o2)c1. The van der Waals surface area contributed by atoms with Crippen molar-refractivity contribution in [1.29, 1.82) is 0 Å². The summed E-state index contributed by atoms with van der Waals surface area (Å²) >= 11 is 0. The number of hydrogen-bond donors (Lipinski definition) is 3. The lowest BCUT2D eigenvalue weighted by atomic mass is 9.89. The lowest BCUT2D eigenvalue weighted by Crippen LogP contribution is -2.54. The summed E-state index contributed by atoms with van der Waals surface area (Å²) in [5.41, 5.74) is 8.90. The summed E-state index contributed by atoms with van der Waals surface area (Å²) in [5.74, 6) is 0.148. The van der Waals surface area contributed by atoms with Crippen molar-refractivity contribution in [2.45, 2.75) is 56.7 Å². The van der Waals surface area contributed by atoms with Gasteiger partial charge in [0.1, 0.15) is 12.7 Å². The van der Waals surface area contributed by atoms with Gasteiger partial charge in [-0.2, -0.15) is 5.10 Å². The number of nitrogens with two attached hydrogens (primary N) is 1. The Labute approximate surface area is 227 Å². The van der Waals surface area contributed by atoms with Gasteiger partial charge in [-0.1, -0.05) is 25.0 Å². The topological polar surface area (TPSA) is 127 Å². The highest BCUT2D eigenvalue weighted by Gasteiger charge is 2.30. The van der Waals surface area contributed by atoms with E-state index >= 15 is 0 Å². The van der Waals surface area contributed by atoms with Gasteiger partial charge in [-0.3, -0.25) is 4.79 Å². The average Bonchev–Trinajstić information content (AvgIpc) is 3.68. The number of aromatic nitrogens is 4. The Morgan fingerprint density at radius 1 is 1.00 bits per heavy atom. The van der Waals surface area contributed by atoms with E-state index in [4.69, 9.17) is 10.2 Å². The Kier molecular flexibility index (Phi) is 7.27. The molecule has 1 aliphatic heterocycles. The van der Waals surface area contributed by atoms with Crippen molar-refractivity contribution in [1.82, 2.24) is 25.1 Å². The summed E-state index contributed by atoms with van der Waals surface area (Å²) in [6.07, 6.45) is 11.9. The molecule has 2 aliphatic rings. The van der Waals surface area contributed by atoms with Crippen LogP contribution in [0.5, 0.6) is 0 Å². The van der Waals surface area contributed by atoms with Gasteiger partial charge in [0.25, 0.3) is 6.01 Å². The number of nitrogens with zero attached hydrogens (tertiary/aromatic N) is 5. The fourth-order valence-corrected chi connectivity index (χ4v) is 5.77. The zero-order valence-corrected chi connectivity index (χ0v) is 21.9. The van der Waals surface area contributed by atoms with Gasteiger partial charge in [-0.25, -0.2) is 14.6 Å². The smallest absolute Gasteiger partial charge is 0.295 e. The van der Waals surface area contributed by atoms with E-state index in [1.807, 2.05) is 6.07 Å². The second-order valence-electron chi connectivity index (χ2n) is 10.4. The molecule has 3 atom stereocenters. The van der Waals surface area contributed by atoms with Crippen molar-refractivity contribution >= 4 is 17.6 Å². The van der Waals surface area contributed by atoms with E-state index in [0.717, 1.165) is 50.0 Å². The lowest BCUT2D eigenvalue weighted by Gasteiger charge is -2.40. The maximum atomic E-state index is 11.6. The molecule has 1 aliphatic carbocycles. The molecule has 1 amide bonds. The predicted octanol–water partition coefficient (Wildman–Crippen LogP) is 4.00. The molecule has 0 radical (unpaired) electrons. The zero-order chi connectivity index (χ0) is 26.6. The minimum Gasteiger partial charge on any atom is -0.424 e. The van der Waals surface area contributed by atoms with Crippen molar-refractivity contribution in [2.24, 2.45) is 5.73 Å². The first-order valence-corrected chi connectivity index (χ1v) is 13.7. The van der Waals surface area contributed by atoms with E-state index in [0.29, 0.717) is 29.4 Å². The molecular formula is C29H34N8O2. The molecule has 0 bridgehead atoms. The van der Waals surface area contributed by atoms with Gasteiger partial charge >= 0.3 is 0 Å². The largest absolute Gasteiger partial charge is 0.424 e. The minimum atomic E-state index is -0.462. The molecule has 1 saturated carbocycles. The Bertz CT molecular complexity index is 1380. The molecule has 0 spiro atoms. The first-order chi connectivity index (χ1) is 19.1. The Morgan fingerprint density at radius 2 is 1.82 bits per heavy atom. The molecule has 1 saturated heterocycles. The fraction of sp³-hybridized carbons (Fsp3) is 0.379.